The zero-order valence-electron chi connectivity index (χ0n) is 30.4. The maximum atomic E-state index is 6.83. The van der Waals surface area contributed by atoms with E-state index in [0.29, 0.717) is 52.9 Å². The zero-order chi connectivity index (χ0) is 36.0. The molecule has 0 amide bonds. The molecule has 0 radical (unpaired) electrons. The van der Waals surface area contributed by atoms with Crippen molar-refractivity contribution in [2.75, 3.05) is 79.3 Å². The van der Waals surface area contributed by atoms with E-state index in [4.69, 9.17) is 65.2 Å². The first-order chi connectivity index (χ1) is 21.9. The minimum atomic E-state index is -1.84. The molecule has 15 heteroatoms. The van der Waals surface area contributed by atoms with Gasteiger partial charge in [-0.25, -0.2) is 0 Å². The highest BCUT2D eigenvalue weighted by Crippen LogP contribution is 2.37. The lowest BCUT2D eigenvalue weighted by molar-refractivity contribution is -0.306. The van der Waals surface area contributed by atoms with Crippen LogP contribution in [-0.4, -0.2) is 108 Å². The first-order valence-corrected chi connectivity index (χ1v) is 21.6. The summed E-state index contributed by atoms with van der Waals surface area (Å²) < 4.78 is 41.6. The fraction of sp³-hybridized carbons (Fsp3) is 0.812. The van der Waals surface area contributed by atoms with Crippen LogP contribution in [0.4, 0.5) is 0 Å². The van der Waals surface area contributed by atoms with Gasteiger partial charge in [0.15, 0.2) is 16.6 Å². The third kappa shape index (κ3) is 21.7. The van der Waals surface area contributed by atoms with Gasteiger partial charge in [0.1, 0.15) is 25.4 Å². The molecule has 13 nitrogen and oxygen atoms in total. The van der Waals surface area contributed by atoms with E-state index in [1.165, 1.54) is 0 Å². The van der Waals surface area contributed by atoms with Crippen LogP contribution in [0, 0.1) is 13.1 Å². The average molecular weight is 705 g/mol. The smallest absolute Gasteiger partial charge is 0.363 e. The van der Waals surface area contributed by atoms with Gasteiger partial charge >= 0.3 is 11.8 Å². The molecule has 0 N–H and O–H groups in total. The highest BCUT2D eigenvalue weighted by molar-refractivity contribution is 6.74. The van der Waals surface area contributed by atoms with Crippen LogP contribution in [0.25, 0.3) is 9.69 Å². The Morgan fingerprint density at radius 1 is 0.553 bits per heavy atom. The summed E-state index contributed by atoms with van der Waals surface area (Å²) >= 11 is 0. The molecule has 0 aromatic rings. The molecule has 0 spiro atoms. The first-order valence-electron chi connectivity index (χ1n) is 15.8. The first kappa shape index (κ1) is 45.1. The predicted octanol–water partition coefficient (Wildman–Crippen LogP) is 6.53. The van der Waals surface area contributed by atoms with Gasteiger partial charge in [-0.1, -0.05) is 54.7 Å². The molecule has 0 aromatic heterocycles. The topological polar surface area (TPSA) is 110 Å². The van der Waals surface area contributed by atoms with E-state index in [2.05, 4.69) is 90.6 Å². The number of nitrogens with zero attached hydrogens (tertiary/aromatic N) is 2. The molecular weight excluding hydrogens is 645 g/mol. The molecule has 0 saturated heterocycles. The van der Waals surface area contributed by atoms with Crippen molar-refractivity contribution >= 4 is 16.6 Å². The Kier molecular flexibility index (Phi) is 22.5. The molecule has 47 heavy (non-hydrogen) atoms. The second-order valence-corrected chi connectivity index (χ2v) is 23.3. The number of ether oxygens (including phenoxy) is 5. The number of rotatable bonds is 28. The van der Waals surface area contributed by atoms with Gasteiger partial charge in [-0.2, -0.15) is 19.5 Å². The lowest BCUT2D eigenvalue weighted by Crippen LogP contribution is -2.42. The predicted molar refractivity (Wildman–Crippen MR) is 184 cm³/mol. The normalized spacial score (nSPS) is 12.6. The largest absolute Gasteiger partial charge is 0.414 e. The van der Waals surface area contributed by atoms with Crippen LogP contribution < -0.4 is 0 Å². The molecule has 0 aliphatic carbocycles. The minimum absolute atomic E-state index is 0.0883. The Labute approximate surface area is 285 Å². The molecule has 0 aliphatic heterocycles. The van der Waals surface area contributed by atoms with Crippen LogP contribution in [0.3, 0.4) is 0 Å². The van der Waals surface area contributed by atoms with Crippen LogP contribution in [0.2, 0.25) is 36.3 Å². The van der Waals surface area contributed by atoms with Gasteiger partial charge in [-0.15, -0.1) is 0 Å². The fourth-order valence-corrected chi connectivity index (χ4v) is 4.96. The van der Waals surface area contributed by atoms with Crippen LogP contribution >= 0.6 is 0 Å². The van der Waals surface area contributed by atoms with Crippen molar-refractivity contribution in [2.45, 2.75) is 90.0 Å². The molecular formula is C32H60N2O11Si2. The van der Waals surface area contributed by atoms with Gasteiger partial charge in [0, 0.05) is 0 Å². The summed E-state index contributed by atoms with van der Waals surface area (Å²) in [6, 6.07) is 0. The summed E-state index contributed by atoms with van der Waals surface area (Å²) in [6.07, 6.45) is -0.934. The van der Waals surface area contributed by atoms with Gasteiger partial charge in [-0.05, 0) is 36.3 Å². The van der Waals surface area contributed by atoms with E-state index in [1.54, 1.807) is 0 Å². The van der Waals surface area contributed by atoms with Crippen molar-refractivity contribution in [1.29, 1.82) is 0 Å². The summed E-state index contributed by atoms with van der Waals surface area (Å²) in [5.74, 6) is -0.447. The maximum absolute atomic E-state index is 6.83. The van der Waals surface area contributed by atoms with Crippen molar-refractivity contribution in [3.8, 4) is 0 Å². The molecule has 0 unspecified atom stereocenters. The molecule has 0 fully saturated rings. The second-order valence-electron chi connectivity index (χ2n) is 13.7. The van der Waals surface area contributed by atoms with Gasteiger partial charge in [0.05, 0.1) is 79.2 Å². The average Bonchev–Trinajstić information content (AvgIpc) is 2.97. The lowest BCUT2D eigenvalue weighted by atomic mass is 10.2. The highest BCUT2D eigenvalue weighted by atomic mass is 28.4. The maximum Gasteiger partial charge on any atom is 0.363 e. The Morgan fingerprint density at radius 2 is 0.894 bits per heavy atom. The number of hydrogen-bond acceptors (Lipinski definition) is 11. The monoisotopic (exact) mass is 704 g/mol. The summed E-state index contributed by atoms with van der Waals surface area (Å²) in [5.41, 5.74) is 0. The Bertz CT molecular complexity index is 902. The molecule has 0 saturated carbocycles. The van der Waals surface area contributed by atoms with E-state index in [9.17, 15) is 0 Å². The van der Waals surface area contributed by atoms with Crippen LogP contribution in [0.15, 0.2) is 24.9 Å². The Hall–Kier alpha value is -1.87. The van der Waals surface area contributed by atoms with Crippen molar-refractivity contribution in [3.05, 3.63) is 47.8 Å². The summed E-state index contributed by atoms with van der Waals surface area (Å²) in [6.45, 7) is 46.2. The van der Waals surface area contributed by atoms with Gasteiger partial charge in [0.25, 0.3) is 0 Å². The molecule has 0 aliphatic rings. The summed E-state index contributed by atoms with van der Waals surface area (Å²) in [7, 11) is -3.68. The Morgan fingerprint density at radius 3 is 1.23 bits per heavy atom. The molecule has 0 heterocycles. The van der Waals surface area contributed by atoms with Crippen LogP contribution in [0.5, 0.6) is 0 Å². The molecule has 0 bridgehead atoms. The minimum Gasteiger partial charge on any atom is -0.414 e. The van der Waals surface area contributed by atoms with Gasteiger partial charge < -0.3 is 42.3 Å². The Balaban J connectivity index is 4.68. The van der Waals surface area contributed by atoms with Crippen molar-refractivity contribution in [2.24, 2.45) is 0 Å². The third-order valence-electron chi connectivity index (χ3n) is 7.83. The van der Waals surface area contributed by atoms with E-state index in [-0.39, 0.29) is 54.4 Å². The van der Waals surface area contributed by atoms with Crippen molar-refractivity contribution in [3.63, 3.8) is 0 Å². The van der Waals surface area contributed by atoms with Gasteiger partial charge in [0.2, 0.25) is 0 Å². The third-order valence-corrected chi connectivity index (χ3v) is 16.9. The molecule has 0 atom stereocenters. The summed E-state index contributed by atoms with van der Waals surface area (Å²) in [5, 5.41) is 0.275. The molecule has 272 valence electrons. The van der Waals surface area contributed by atoms with E-state index in [0.717, 1.165) is 0 Å². The quantitative estimate of drug-likeness (QED) is 0.0222. The second kappa shape index (κ2) is 23.5. The fourth-order valence-electron chi connectivity index (χ4n) is 2.91. The standard InChI is InChI=1S/C32H60N2O11Si2/c1-27(33-9)44-40-25-30(26-41-45-28(2)34-10)39-20-16-35-15-19-38-29(23-36-17-21-42-46(11,12)31(3,4)5)24-37-18-22-43-47(13,14)32(6,7)8/h29-30H,1-2,15-26H2,3-8,11-14H3. The van der Waals surface area contributed by atoms with E-state index >= 15 is 0 Å². The summed E-state index contributed by atoms with van der Waals surface area (Å²) in [4.78, 5) is 25.3. The van der Waals surface area contributed by atoms with E-state index in [1.807, 2.05) is 0 Å². The zero-order valence-corrected chi connectivity index (χ0v) is 32.4. The lowest BCUT2D eigenvalue weighted by Gasteiger charge is -2.36. The number of hydrogen-bond donors (Lipinski definition) is 0. The van der Waals surface area contributed by atoms with Crippen LogP contribution in [-0.2, 0) is 52.1 Å². The van der Waals surface area contributed by atoms with Crippen molar-refractivity contribution < 1.29 is 52.1 Å². The highest BCUT2D eigenvalue weighted by Gasteiger charge is 2.37. The SMILES string of the molecule is [C-]#[N+]C(=C)OOCC(COOC(=C)[N+]#[C-])OCCOCCOC(COCCO[Si](C)(C)C(C)(C)C)COCCO[Si](C)(C)C(C)(C)C. The van der Waals surface area contributed by atoms with Gasteiger partial charge in [-0.3, -0.25) is 0 Å². The molecule has 0 rings (SSSR count). The van der Waals surface area contributed by atoms with Crippen LogP contribution in [0.1, 0.15) is 41.5 Å². The molecule has 0 aromatic carbocycles. The van der Waals surface area contributed by atoms with Crippen molar-refractivity contribution in [1.82, 2.24) is 0 Å². The van der Waals surface area contributed by atoms with E-state index < -0.39 is 22.7 Å².